The van der Waals surface area contributed by atoms with Crippen LogP contribution in [-0.2, 0) is 63.8 Å². The zero-order valence-corrected chi connectivity index (χ0v) is 36.8. The van der Waals surface area contributed by atoms with Crippen LogP contribution in [0.4, 0.5) is 0 Å². The summed E-state index contributed by atoms with van der Waals surface area (Å²) in [6.07, 6.45) is 1.35. The molecule has 0 aromatic heterocycles. The topological polar surface area (TPSA) is 80.9 Å². The van der Waals surface area contributed by atoms with Crippen molar-refractivity contribution in [3.05, 3.63) is 115 Å². The predicted octanol–water partition coefficient (Wildman–Crippen LogP) is 11.8. The van der Waals surface area contributed by atoms with Gasteiger partial charge in [-0.15, -0.1) is 0 Å². The van der Waals surface area contributed by atoms with Crippen LogP contribution in [-0.4, -0.2) is 20.4 Å². The molecule has 0 amide bonds. The standard InChI is InChI=1S/C44H56O4.2ClH.W/c1-41(2,3)33-17-25-13-27-19-34(42(4,5)6)21-29(38(27)46)15-31-23-36(44(10,11)12)24-32(40(31)48)16-30-22-35(43(7,8)9)20-28(39(30)47)14-26(18-33)37(25)45;;;/h17-24,45-48H,13-16H2,1-12H3;2*1H;/q;;;+2/p-2. The Hall–Kier alpha value is -2.65. The molecule has 8 bridgehead atoms. The fourth-order valence-electron chi connectivity index (χ4n) is 6.67. The molecule has 0 heterocycles. The van der Waals surface area contributed by atoms with E-state index >= 15 is 0 Å². The summed E-state index contributed by atoms with van der Waals surface area (Å²) < 4.78 is 0. The quantitative estimate of drug-likeness (QED) is 0.125. The summed E-state index contributed by atoms with van der Waals surface area (Å²) in [6, 6.07) is 16.5. The average Bonchev–Trinajstić information content (AvgIpc) is 2.98. The summed E-state index contributed by atoms with van der Waals surface area (Å²) in [4.78, 5) is 0. The van der Waals surface area contributed by atoms with E-state index in [0.717, 1.165) is 66.8 Å². The molecule has 4 nitrogen and oxygen atoms in total. The second kappa shape index (κ2) is 15.0. The van der Waals surface area contributed by atoms with Gasteiger partial charge in [-0.1, -0.05) is 132 Å². The van der Waals surface area contributed by atoms with Gasteiger partial charge >= 0.3 is 35.3 Å². The van der Waals surface area contributed by atoms with Crippen LogP contribution in [0.2, 0.25) is 0 Å². The van der Waals surface area contributed by atoms with Gasteiger partial charge in [-0.2, -0.15) is 0 Å². The SMILES string of the molecule is CC(C)(C)c1cc2c(O)c(c1)Cc1cc(C(C)(C)C)cc(c1O)Cc1cc(C(C)(C)C)cc(c1O)Cc1cc(C(C)(C)C)cc(c1O)C2.[Cl][W][Cl]. The van der Waals surface area contributed by atoms with Gasteiger partial charge in [0.25, 0.3) is 0 Å². The van der Waals surface area contributed by atoms with Crippen LogP contribution in [0.3, 0.4) is 0 Å². The van der Waals surface area contributed by atoms with Crippen LogP contribution in [0.15, 0.2) is 48.5 Å². The summed E-state index contributed by atoms with van der Waals surface area (Å²) in [5, 5.41) is 47.6. The summed E-state index contributed by atoms with van der Waals surface area (Å²) in [7, 11) is 9.86. The molecule has 5 rings (SSSR count). The molecule has 0 unspecified atom stereocenters. The van der Waals surface area contributed by atoms with Crippen LogP contribution >= 0.6 is 18.8 Å². The van der Waals surface area contributed by atoms with Crippen LogP contribution < -0.4 is 0 Å². The van der Waals surface area contributed by atoms with Crippen LogP contribution in [0.1, 0.15) is 150 Å². The van der Waals surface area contributed by atoms with Crippen molar-refractivity contribution >= 4 is 18.8 Å². The number of fused-ring (bicyclic) bond motifs is 8. The Balaban J connectivity index is 0.00000188. The van der Waals surface area contributed by atoms with Crippen molar-refractivity contribution in [2.75, 3.05) is 0 Å². The molecule has 0 spiro atoms. The summed E-state index contributed by atoms with van der Waals surface area (Å²) >= 11 is -0.806. The Bertz CT molecular complexity index is 1550. The first-order valence-electron chi connectivity index (χ1n) is 17.7. The molecule has 0 saturated carbocycles. The minimum absolute atomic E-state index is 0.190. The van der Waals surface area contributed by atoms with Gasteiger partial charge in [-0.05, 0) is 88.4 Å². The number of phenols is 4. The molecule has 0 aliphatic heterocycles. The fourth-order valence-corrected chi connectivity index (χ4v) is 6.67. The number of phenolic OH excluding ortho intramolecular Hbond substituents is 4. The van der Waals surface area contributed by atoms with Crippen LogP contribution in [0, 0.1) is 0 Å². The van der Waals surface area contributed by atoms with Crippen molar-refractivity contribution in [3.63, 3.8) is 0 Å². The molecule has 1 aliphatic rings. The third-order valence-corrected chi connectivity index (χ3v) is 10.1. The molecule has 276 valence electrons. The number of aromatic hydroxyl groups is 4. The maximum absolute atomic E-state index is 11.9. The Labute approximate surface area is 322 Å². The van der Waals surface area contributed by atoms with E-state index in [9.17, 15) is 20.4 Å². The molecule has 0 radical (unpaired) electrons. The molecule has 7 heteroatoms. The molecule has 51 heavy (non-hydrogen) atoms. The summed E-state index contributed by atoms with van der Waals surface area (Å²) in [5.41, 5.74) is 9.48. The van der Waals surface area contributed by atoms with Gasteiger partial charge in [-0.25, -0.2) is 0 Å². The van der Waals surface area contributed by atoms with Gasteiger partial charge in [0.05, 0.1) is 0 Å². The van der Waals surface area contributed by atoms with Crippen LogP contribution in [0.5, 0.6) is 23.0 Å². The number of halogens is 2. The van der Waals surface area contributed by atoms with Crippen molar-refractivity contribution in [1.29, 1.82) is 0 Å². The van der Waals surface area contributed by atoms with Crippen LogP contribution in [0.25, 0.3) is 0 Å². The van der Waals surface area contributed by atoms with Crippen molar-refractivity contribution in [1.82, 2.24) is 0 Å². The van der Waals surface area contributed by atoms with Gasteiger partial charge in [0.15, 0.2) is 0 Å². The Kier molecular flexibility index (Phi) is 12.1. The van der Waals surface area contributed by atoms with Gasteiger partial charge in [-0.3, -0.25) is 0 Å². The predicted molar refractivity (Wildman–Crippen MR) is 210 cm³/mol. The normalized spacial score (nSPS) is 13.8. The Morgan fingerprint density at radius 2 is 0.471 bits per heavy atom. The maximum atomic E-state index is 11.9. The first-order chi connectivity index (χ1) is 23.3. The van der Waals surface area contributed by atoms with Crippen molar-refractivity contribution < 1.29 is 36.9 Å². The molecule has 4 N–H and O–H groups in total. The number of benzene rings is 4. The van der Waals surface area contributed by atoms with E-state index < -0.39 is 16.5 Å². The first-order valence-corrected chi connectivity index (χ1v) is 24.9. The van der Waals surface area contributed by atoms with E-state index in [1.54, 1.807) is 0 Å². The number of hydrogen-bond donors (Lipinski definition) is 4. The zero-order chi connectivity index (χ0) is 38.4. The molecular formula is C44H56Cl2O4W. The van der Waals surface area contributed by atoms with Crippen molar-refractivity contribution in [2.24, 2.45) is 0 Å². The summed E-state index contributed by atoms with van der Waals surface area (Å²) in [6.45, 7) is 26.0. The van der Waals surface area contributed by atoms with Gasteiger partial charge in [0.2, 0.25) is 0 Å². The molecule has 0 fully saturated rings. The van der Waals surface area contributed by atoms with E-state index in [4.69, 9.17) is 18.8 Å². The molecule has 1 aliphatic carbocycles. The third kappa shape index (κ3) is 9.48. The Morgan fingerprint density at radius 3 is 0.569 bits per heavy atom. The third-order valence-electron chi connectivity index (χ3n) is 10.1. The second-order valence-electron chi connectivity index (χ2n) is 18.3. The van der Waals surface area contributed by atoms with Gasteiger partial charge < -0.3 is 20.4 Å². The zero-order valence-electron chi connectivity index (χ0n) is 32.4. The molecular weight excluding hydrogens is 847 g/mol. The molecule has 0 atom stereocenters. The fraction of sp³-hybridized carbons (Fsp3) is 0.455. The van der Waals surface area contributed by atoms with Gasteiger partial charge in [0.1, 0.15) is 23.0 Å². The molecule has 0 saturated heterocycles. The molecule has 4 aromatic carbocycles. The second-order valence-corrected chi connectivity index (χ2v) is 22.6. The average molecular weight is 904 g/mol. The first kappa shape index (κ1) is 41.1. The number of hydrogen-bond acceptors (Lipinski definition) is 4. The molecule has 4 aromatic rings. The van der Waals surface area contributed by atoms with E-state index in [1.807, 2.05) is 0 Å². The number of rotatable bonds is 0. The Morgan fingerprint density at radius 1 is 0.353 bits per heavy atom. The van der Waals surface area contributed by atoms with E-state index in [-0.39, 0.29) is 44.7 Å². The summed E-state index contributed by atoms with van der Waals surface area (Å²) in [5.74, 6) is 0.767. The monoisotopic (exact) mass is 902 g/mol. The van der Waals surface area contributed by atoms with Crippen molar-refractivity contribution in [3.8, 4) is 23.0 Å². The van der Waals surface area contributed by atoms with Gasteiger partial charge in [0, 0.05) is 25.7 Å². The van der Waals surface area contributed by atoms with Crippen molar-refractivity contribution in [2.45, 2.75) is 130 Å². The van der Waals surface area contributed by atoms with E-state index in [1.165, 1.54) is 0 Å². The van der Waals surface area contributed by atoms with E-state index in [2.05, 4.69) is 132 Å². The minimum atomic E-state index is -0.806. The van der Waals surface area contributed by atoms with E-state index in [0.29, 0.717) is 25.7 Å².